The molecule has 6 heteroatoms. The average molecular weight is 335 g/mol. The molecule has 1 aromatic heterocycles. The van der Waals surface area contributed by atoms with Crippen LogP contribution in [0.3, 0.4) is 0 Å². The Balaban J connectivity index is 1.79. The fraction of sp³-hybridized carbons (Fsp3) is 0.158. The topological polar surface area (TPSA) is 81.2 Å². The average Bonchev–Trinajstić information content (AvgIpc) is 2.67. The molecule has 0 radical (unpaired) electrons. The molecule has 1 amide bonds. The van der Waals surface area contributed by atoms with Gasteiger partial charge in [-0.25, -0.2) is 9.78 Å². The molecule has 0 bridgehead atoms. The fourth-order valence-electron chi connectivity index (χ4n) is 2.48. The summed E-state index contributed by atoms with van der Waals surface area (Å²) in [6.45, 7) is 0. The first-order chi connectivity index (χ1) is 12.2. The molecule has 0 saturated heterocycles. The van der Waals surface area contributed by atoms with E-state index in [1.807, 2.05) is 48.5 Å². The predicted molar refractivity (Wildman–Crippen MR) is 93.0 cm³/mol. The quantitative estimate of drug-likeness (QED) is 0.723. The van der Waals surface area contributed by atoms with Crippen LogP contribution < -0.4 is 5.32 Å². The van der Waals surface area contributed by atoms with Crippen LogP contribution in [0.1, 0.15) is 16.1 Å². The van der Waals surface area contributed by atoms with Gasteiger partial charge in [-0.1, -0.05) is 42.5 Å². The maximum atomic E-state index is 12.5. The molecule has 2 aromatic carbocycles. The van der Waals surface area contributed by atoms with Gasteiger partial charge in [0.2, 0.25) is 0 Å². The third-order valence-corrected chi connectivity index (χ3v) is 3.75. The number of esters is 1. The maximum Gasteiger partial charge on any atom is 0.328 e. The number of carbonyl (C=O) groups is 2. The highest BCUT2D eigenvalue weighted by Gasteiger charge is 2.23. The van der Waals surface area contributed by atoms with Crippen molar-refractivity contribution in [3.8, 4) is 0 Å². The number of amides is 1. The second-order valence-corrected chi connectivity index (χ2v) is 5.48. The van der Waals surface area contributed by atoms with E-state index >= 15 is 0 Å². The minimum absolute atomic E-state index is 0.153. The van der Waals surface area contributed by atoms with Crippen molar-refractivity contribution in [3.05, 3.63) is 72.1 Å². The molecule has 0 aliphatic carbocycles. The first-order valence-corrected chi connectivity index (χ1v) is 7.82. The highest BCUT2D eigenvalue weighted by atomic mass is 16.5. The maximum absolute atomic E-state index is 12.5. The number of para-hydroxylation sites is 2. The van der Waals surface area contributed by atoms with Crippen LogP contribution in [0.2, 0.25) is 0 Å². The molecule has 3 rings (SSSR count). The summed E-state index contributed by atoms with van der Waals surface area (Å²) in [5, 5.41) is 2.68. The van der Waals surface area contributed by atoms with Gasteiger partial charge >= 0.3 is 5.97 Å². The molecule has 0 fully saturated rings. The largest absolute Gasteiger partial charge is 0.467 e. The van der Waals surface area contributed by atoms with Crippen LogP contribution in [0, 0.1) is 0 Å². The Morgan fingerprint density at radius 2 is 1.72 bits per heavy atom. The molecule has 0 aliphatic rings. The Kier molecular flexibility index (Phi) is 4.99. The molecule has 25 heavy (non-hydrogen) atoms. The number of hydrogen-bond donors (Lipinski definition) is 1. The molecular weight excluding hydrogens is 318 g/mol. The van der Waals surface area contributed by atoms with Gasteiger partial charge in [0, 0.05) is 6.42 Å². The summed E-state index contributed by atoms with van der Waals surface area (Å²) in [7, 11) is 1.29. The zero-order valence-corrected chi connectivity index (χ0v) is 13.7. The van der Waals surface area contributed by atoms with Gasteiger partial charge in [0.15, 0.2) is 0 Å². The summed E-state index contributed by atoms with van der Waals surface area (Å²) in [5.41, 5.74) is 2.39. The van der Waals surface area contributed by atoms with Crippen LogP contribution >= 0.6 is 0 Å². The molecule has 3 aromatic rings. The van der Waals surface area contributed by atoms with Crippen molar-refractivity contribution in [2.75, 3.05) is 7.11 Å². The van der Waals surface area contributed by atoms with Crippen molar-refractivity contribution < 1.29 is 14.3 Å². The van der Waals surface area contributed by atoms with Crippen LogP contribution in [0.5, 0.6) is 0 Å². The van der Waals surface area contributed by atoms with Crippen LogP contribution in [0.25, 0.3) is 11.0 Å². The van der Waals surface area contributed by atoms with Crippen molar-refractivity contribution in [2.45, 2.75) is 12.5 Å². The van der Waals surface area contributed by atoms with E-state index in [2.05, 4.69) is 15.3 Å². The Labute approximate surface area is 144 Å². The molecule has 126 valence electrons. The number of methoxy groups -OCH3 is 1. The molecule has 6 nitrogen and oxygen atoms in total. The zero-order valence-electron chi connectivity index (χ0n) is 13.7. The van der Waals surface area contributed by atoms with Gasteiger partial charge in [0.1, 0.15) is 11.7 Å². The van der Waals surface area contributed by atoms with Crippen molar-refractivity contribution in [3.63, 3.8) is 0 Å². The SMILES string of the molecule is COC(=O)[C@@H](Cc1ccccc1)NC(=O)c1cnc2ccccc2n1. The smallest absolute Gasteiger partial charge is 0.328 e. The van der Waals surface area contributed by atoms with Crippen LogP contribution in [0.4, 0.5) is 0 Å². The molecule has 0 spiro atoms. The number of carbonyl (C=O) groups excluding carboxylic acids is 2. The lowest BCUT2D eigenvalue weighted by molar-refractivity contribution is -0.142. The molecular formula is C19H17N3O3. The van der Waals surface area contributed by atoms with E-state index in [-0.39, 0.29) is 5.69 Å². The number of nitrogens with one attached hydrogen (secondary N) is 1. The number of benzene rings is 2. The van der Waals surface area contributed by atoms with Crippen molar-refractivity contribution in [1.29, 1.82) is 0 Å². The number of nitrogens with zero attached hydrogens (tertiary/aromatic N) is 2. The second-order valence-electron chi connectivity index (χ2n) is 5.48. The van der Waals surface area contributed by atoms with E-state index in [1.54, 1.807) is 6.07 Å². The second kappa shape index (κ2) is 7.53. The molecule has 1 atom stereocenters. The highest BCUT2D eigenvalue weighted by molar-refractivity contribution is 5.96. The molecule has 0 aliphatic heterocycles. The number of fused-ring (bicyclic) bond motifs is 1. The van der Waals surface area contributed by atoms with Crippen molar-refractivity contribution in [2.24, 2.45) is 0 Å². The van der Waals surface area contributed by atoms with Gasteiger partial charge in [0.05, 0.1) is 24.3 Å². The monoisotopic (exact) mass is 335 g/mol. The number of hydrogen-bond acceptors (Lipinski definition) is 5. The molecule has 0 unspecified atom stereocenters. The molecule has 1 heterocycles. The predicted octanol–water partition coefficient (Wildman–Crippen LogP) is 2.14. The summed E-state index contributed by atoms with van der Waals surface area (Å²) in [4.78, 5) is 33.0. The lowest BCUT2D eigenvalue weighted by atomic mass is 10.1. The van der Waals surface area contributed by atoms with E-state index in [9.17, 15) is 9.59 Å². The Hall–Kier alpha value is -3.28. The van der Waals surface area contributed by atoms with E-state index in [4.69, 9.17) is 4.74 Å². The number of rotatable bonds is 5. The van der Waals surface area contributed by atoms with Crippen molar-refractivity contribution >= 4 is 22.9 Å². The zero-order chi connectivity index (χ0) is 17.6. The highest BCUT2D eigenvalue weighted by Crippen LogP contribution is 2.09. The Morgan fingerprint density at radius 1 is 1.04 bits per heavy atom. The van der Waals surface area contributed by atoms with E-state index in [1.165, 1.54) is 13.3 Å². The lowest BCUT2D eigenvalue weighted by Crippen LogP contribution is -2.43. The summed E-state index contributed by atoms with van der Waals surface area (Å²) in [5.74, 6) is -0.976. The number of ether oxygens (including phenoxy) is 1. The van der Waals surface area contributed by atoms with Crippen LogP contribution in [-0.2, 0) is 16.0 Å². The number of aromatic nitrogens is 2. The van der Waals surface area contributed by atoms with Gasteiger partial charge in [-0.3, -0.25) is 9.78 Å². The third-order valence-electron chi connectivity index (χ3n) is 3.75. The minimum Gasteiger partial charge on any atom is -0.467 e. The van der Waals surface area contributed by atoms with Gasteiger partial charge in [-0.15, -0.1) is 0 Å². The van der Waals surface area contributed by atoms with E-state index in [0.29, 0.717) is 17.5 Å². The van der Waals surface area contributed by atoms with E-state index < -0.39 is 17.9 Å². The first kappa shape index (κ1) is 16.6. The molecule has 1 N–H and O–H groups in total. The summed E-state index contributed by atoms with van der Waals surface area (Å²) >= 11 is 0. The van der Waals surface area contributed by atoms with Crippen molar-refractivity contribution in [1.82, 2.24) is 15.3 Å². The Bertz CT molecular complexity index is 897. The summed E-state index contributed by atoms with van der Waals surface area (Å²) in [6, 6.07) is 15.9. The first-order valence-electron chi connectivity index (χ1n) is 7.82. The fourth-order valence-corrected chi connectivity index (χ4v) is 2.48. The standard InChI is InChI=1S/C19H17N3O3/c1-25-19(24)16(11-13-7-3-2-4-8-13)22-18(23)17-12-20-14-9-5-6-10-15(14)21-17/h2-10,12,16H,11H2,1H3,(H,22,23)/t16-/m1/s1. The summed E-state index contributed by atoms with van der Waals surface area (Å²) < 4.78 is 4.80. The third kappa shape index (κ3) is 3.98. The van der Waals surface area contributed by atoms with Gasteiger partial charge in [-0.2, -0.15) is 0 Å². The lowest BCUT2D eigenvalue weighted by Gasteiger charge is -2.16. The normalized spacial score (nSPS) is 11.7. The Morgan fingerprint density at radius 3 is 2.44 bits per heavy atom. The summed E-state index contributed by atoms with van der Waals surface area (Å²) in [6.07, 6.45) is 1.73. The minimum atomic E-state index is -0.798. The molecule has 0 saturated carbocycles. The van der Waals surface area contributed by atoms with Gasteiger partial charge in [-0.05, 0) is 17.7 Å². The van der Waals surface area contributed by atoms with E-state index in [0.717, 1.165) is 5.56 Å². The van der Waals surface area contributed by atoms with Crippen LogP contribution in [0.15, 0.2) is 60.8 Å². The van der Waals surface area contributed by atoms with Gasteiger partial charge in [0.25, 0.3) is 5.91 Å². The van der Waals surface area contributed by atoms with Gasteiger partial charge < -0.3 is 10.1 Å². The van der Waals surface area contributed by atoms with Crippen LogP contribution in [-0.4, -0.2) is 35.0 Å².